The van der Waals surface area contributed by atoms with Crippen molar-refractivity contribution in [2.75, 3.05) is 26.2 Å². The summed E-state index contributed by atoms with van der Waals surface area (Å²) in [5.41, 5.74) is 1.01. The van der Waals surface area contributed by atoms with Crippen LogP contribution in [0.2, 0.25) is 0 Å². The first-order valence-corrected chi connectivity index (χ1v) is 9.94. The highest BCUT2D eigenvalue weighted by atomic mass is 16.3. The topological polar surface area (TPSA) is 43.8 Å². The summed E-state index contributed by atoms with van der Waals surface area (Å²) in [6.45, 7) is 5.48. The number of hydrogen-bond donors (Lipinski definition) is 1. The second kappa shape index (κ2) is 8.81. The Morgan fingerprint density at radius 3 is 2.52 bits per heavy atom. The number of benzene rings is 1. The zero-order chi connectivity index (χ0) is 17.6. The summed E-state index contributed by atoms with van der Waals surface area (Å²) in [6, 6.07) is 10.4. The third-order valence-corrected chi connectivity index (χ3v) is 6.00. The number of piperidine rings is 2. The third kappa shape index (κ3) is 4.62. The maximum atomic E-state index is 12.7. The molecule has 2 aliphatic rings. The van der Waals surface area contributed by atoms with Crippen LogP contribution in [0.5, 0.6) is 0 Å². The Hall–Kier alpha value is -1.39. The minimum absolute atomic E-state index is 0.298. The van der Waals surface area contributed by atoms with E-state index in [9.17, 15) is 9.90 Å². The molecule has 2 atom stereocenters. The highest BCUT2D eigenvalue weighted by Crippen LogP contribution is 2.30. The van der Waals surface area contributed by atoms with Crippen LogP contribution in [0.25, 0.3) is 0 Å². The molecule has 1 N–H and O–H groups in total. The van der Waals surface area contributed by atoms with Crippen LogP contribution in [0.3, 0.4) is 0 Å². The Morgan fingerprint density at radius 1 is 1.12 bits per heavy atom. The number of nitrogens with zero attached hydrogens (tertiary/aromatic N) is 2. The Bertz CT molecular complexity index is 540. The van der Waals surface area contributed by atoms with Crippen molar-refractivity contribution in [1.29, 1.82) is 0 Å². The van der Waals surface area contributed by atoms with Crippen LogP contribution in [0.4, 0.5) is 0 Å². The van der Waals surface area contributed by atoms with Crippen LogP contribution < -0.4 is 0 Å². The zero-order valence-corrected chi connectivity index (χ0v) is 15.4. The first-order chi connectivity index (χ1) is 12.2. The summed E-state index contributed by atoms with van der Waals surface area (Å²) in [5.74, 6) is 0.598. The number of aliphatic hydroxyl groups is 1. The first kappa shape index (κ1) is 18.4. The van der Waals surface area contributed by atoms with E-state index in [2.05, 4.69) is 16.7 Å². The molecule has 0 aliphatic carbocycles. The molecular weight excluding hydrogens is 312 g/mol. The van der Waals surface area contributed by atoms with Crippen molar-refractivity contribution in [1.82, 2.24) is 9.80 Å². The molecule has 0 aromatic heterocycles. The van der Waals surface area contributed by atoms with E-state index < -0.39 is 0 Å². The lowest BCUT2D eigenvalue weighted by Crippen LogP contribution is -2.49. The van der Waals surface area contributed by atoms with Gasteiger partial charge in [-0.05, 0) is 63.1 Å². The monoisotopic (exact) mass is 344 g/mol. The van der Waals surface area contributed by atoms with Crippen LogP contribution in [0, 0.1) is 5.92 Å². The van der Waals surface area contributed by atoms with Crippen LogP contribution in [0.15, 0.2) is 30.3 Å². The smallest absolute Gasteiger partial charge is 0.236 e. The summed E-state index contributed by atoms with van der Waals surface area (Å²) in [6.07, 6.45) is 6.16. The number of hydrogen-bond acceptors (Lipinski definition) is 3. The van der Waals surface area contributed by atoms with Crippen molar-refractivity contribution in [3.05, 3.63) is 35.9 Å². The molecule has 2 saturated heterocycles. The van der Waals surface area contributed by atoms with Crippen LogP contribution in [-0.2, 0) is 4.79 Å². The Labute approximate surface area is 151 Å². The maximum Gasteiger partial charge on any atom is 0.236 e. The highest BCUT2D eigenvalue weighted by Gasteiger charge is 2.30. The number of carbonyl (C=O) groups excluding carboxylic acids is 1. The number of carbonyl (C=O) groups is 1. The SMILES string of the molecule is CCC1CCCCN1C(=O)CN1CCC(C(O)c2ccccc2)CC1. The van der Waals surface area contributed by atoms with Gasteiger partial charge in [-0.1, -0.05) is 37.3 Å². The molecular formula is C21H32N2O2. The highest BCUT2D eigenvalue weighted by molar-refractivity contribution is 5.78. The van der Waals surface area contributed by atoms with E-state index in [4.69, 9.17) is 0 Å². The van der Waals surface area contributed by atoms with E-state index in [0.29, 0.717) is 24.4 Å². The van der Waals surface area contributed by atoms with Gasteiger partial charge in [0.25, 0.3) is 0 Å². The molecule has 2 unspecified atom stereocenters. The summed E-state index contributed by atoms with van der Waals surface area (Å²) >= 11 is 0. The molecule has 4 heteroatoms. The molecule has 1 amide bonds. The van der Waals surface area contributed by atoms with Crippen molar-refractivity contribution < 1.29 is 9.90 Å². The lowest BCUT2D eigenvalue weighted by Gasteiger charge is -2.38. The van der Waals surface area contributed by atoms with Crippen molar-refractivity contribution in [3.63, 3.8) is 0 Å². The molecule has 2 aliphatic heterocycles. The molecule has 2 heterocycles. The van der Waals surface area contributed by atoms with Crippen molar-refractivity contribution >= 4 is 5.91 Å². The summed E-state index contributed by atoms with van der Waals surface area (Å²) in [7, 11) is 0. The van der Waals surface area contributed by atoms with Gasteiger partial charge in [-0.2, -0.15) is 0 Å². The lowest BCUT2D eigenvalue weighted by molar-refractivity contribution is -0.136. The van der Waals surface area contributed by atoms with E-state index in [-0.39, 0.29) is 6.10 Å². The molecule has 138 valence electrons. The van der Waals surface area contributed by atoms with Gasteiger partial charge in [0.15, 0.2) is 0 Å². The van der Waals surface area contributed by atoms with E-state index in [1.54, 1.807) is 0 Å². The van der Waals surface area contributed by atoms with E-state index in [1.807, 2.05) is 30.3 Å². The van der Waals surface area contributed by atoms with Crippen LogP contribution in [-0.4, -0.2) is 53.0 Å². The average Bonchev–Trinajstić information content (AvgIpc) is 2.68. The molecule has 25 heavy (non-hydrogen) atoms. The quantitative estimate of drug-likeness (QED) is 0.892. The summed E-state index contributed by atoms with van der Waals surface area (Å²) < 4.78 is 0. The fraction of sp³-hybridized carbons (Fsp3) is 0.667. The van der Waals surface area contributed by atoms with Crippen molar-refractivity contribution in [2.45, 2.75) is 57.6 Å². The Morgan fingerprint density at radius 2 is 1.84 bits per heavy atom. The van der Waals surface area contributed by atoms with Gasteiger partial charge in [0.2, 0.25) is 5.91 Å². The largest absolute Gasteiger partial charge is 0.388 e. The van der Waals surface area contributed by atoms with Crippen LogP contribution >= 0.6 is 0 Å². The third-order valence-electron chi connectivity index (χ3n) is 6.00. The Kier molecular flexibility index (Phi) is 6.49. The number of likely N-dealkylation sites (tertiary alicyclic amines) is 2. The van der Waals surface area contributed by atoms with Gasteiger partial charge in [-0.15, -0.1) is 0 Å². The van der Waals surface area contributed by atoms with E-state index in [1.165, 1.54) is 6.42 Å². The predicted octanol–water partition coefficient (Wildman–Crippen LogP) is 3.22. The van der Waals surface area contributed by atoms with Gasteiger partial charge in [0.05, 0.1) is 12.6 Å². The van der Waals surface area contributed by atoms with E-state index >= 15 is 0 Å². The normalized spacial score (nSPS) is 24.2. The zero-order valence-electron chi connectivity index (χ0n) is 15.4. The minimum atomic E-state index is -0.384. The molecule has 0 radical (unpaired) electrons. The number of aliphatic hydroxyl groups excluding tert-OH is 1. The minimum Gasteiger partial charge on any atom is -0.388 e. The summed E-state index contributed by atoms with van der Waals surface area (Å²) in [4.78, 5) is 17.1. The molecule has 2 fully saturated rings. The van der Waals surface area contributed by atoms with Gasteiger partial charge in [0.1, 0.15) is 0 Å². The first-order valence-electron chi connectivity index (χ1n) is 9.94. The average molecular weight is 344 g/mol. The van der Waals surface area contributed by atoms with Gasteiger partial charge in [-0.25, -0.2) is 0 Å². The molecule has 0 saturated carbocycles. The van der Waals surface area contributed by atoms with Gasteiger partial charge in [-0.3, -0.25) is 9.69 Å². The van der Waals surface area contributed by atoms with Crippen LogP contribution in [0.1, 0.15) is 57.1 Å². The van der Waals surface area contributed by atoms with Gasteiger partial charge >= 0.3 is 0 Å². The molecule has 0 bridgehead atoms. The Balaban J connectivity index is 1.48. The number of amides is 1. The molecule has 0 spiro atoms. The van der Waals surface area contributed by atoms with Gasteiger partial charge in [0, 0.05) is 12.6 Å². The predicted molar refractivity (Wildman–Crippen MR) is 100 cm³/mol. The number of rotatable bonds is 5. The van der Waals surface area contributed by atoms with Gasteiger partial charge < -0.3 is 10.0 Å². The maximum absolute atomic E-state index is 12.7. The summed E-state index contributed by atoms with van der Waals surface area (Å²) in [5, 5.41) is 10.6. The standard InChI is InChI=1S/C21H32N2O2/c1-2-19-10-6-7-13-23(19)20(24)16-22-14-11-18(12-15-22)21(25)17-8-4-3-5-9-17/h3-5,8-9,18-19,21,25H,2,6-7,10-16H2,1H3. The molecule has 1 aromatic rings. The fourth-order valence-corrected chi connectivity index (χ4v) is 4.38. The van der Waals surface area contributed by atoms with E-state index in [0.717, 1.165) is 57.3 Å². The second-order valence-electron chi connectivity index (χ2n) is 7.61. The van der Waals surface area contributed by atoms with Crippen molar-refractivity contribution in [2.24, 2.45) is 5.92 Å². The van der Waals surface area contributed by atoms with Crippen molar-refractivity contribution in [3.8, 4) is 0 Å². The molecule has 4 nitrogen and oxygen atoms in total. The molecule has 3 rings (SSSR count). The lowest BCUT2D eigenvalue weighted by atomic mass is 9.87. The second-order valence-corrected chi connectivity index (χ2v) is 7.61. The molecule has 1 aromatic carbocycles. The fourth-order valence-electron chi connectivity index (χ4n) is 4.38.